The lowest BCUT2D eigenvalue weighted by Crippen LogP contribution is -2.00. The zero-order chi connectivity index (χ0) is 15.2. The van der Waals surface area contributed by atoms with Gasteiger partial charge in [-0.25, -0.2) is 0 Å². The van der Waals surface area contributed by atoms with Crippen molar-refractivity contribution in [2.45, 2.75) is 26.8 Å². The van der Waals surface area contributed by atoms with E-state index in [4.69, 9.17) is 4.74 Å². The summed E-state index contributed by atoms with van der Waals surface area (Å²) in [5.41, 5.74) is 3.77. The van der Waals surface area contributed by atoms with E-state index >= 15 is 0 Å². The van der Waals surface area contributed by atoms with Crippen LogP contribution >= 0.6 is 15.9 Å². The monoisotopic (exact) mass is 347 g/mol. The van der Waals surface area contributed by atoms with E-state index in [1.165, 1.54) is 11.1 Å². The van der Waals surface area contributed by atoms with Gasteiger partial charge >= 0.3 is 0 Å². The van der Waals surface area contributed by atoms with E-state index < -0.39 is 0 Å². The number of nitrogens with one attached hydrogen (secondary N) is 1. The number of rotatable bonds is 6. The van der Waals surface area contributed by atoms with Gasteiger partial charge in [0, 0.05) is 12.2 Å². The van der Waals surface area contributed by atoms with E-state index in [-0.39, 0.29) is 0 Å². The maximum atomic E-state index is 5.23. The van der Waals surface area contributed by atoms with Crippen LogP contribution in [0.3, 0.4) is 0 Å². The third kappa shape index (κ3) is 4.78. The van der Waals surface area contributed by atoms with E-state index in [0.29, 0.717) is 5.92 Å². The number of hydrogen-bond acceptors (Lipinski definition) is 2. The van der Waals surface area contributed by atoms with Crippen LogP contribution in [0.25, 0.3) is 0 Å². The van der Waals surface area contributed by atoms with Crippen LogP contribution < -0.4 is 10.1 Å². The average Bonchev–Trinajstić information content (AvgIpc) is 2.46. The lowest BCUT2D eigenvalue weighted by atomic mass is 10.0. The number of halogens is 1. The van der Waals surface area contributed by atoms with Gasteiger partial charge in [-0.05, 0) is 57.6 Å². The van der Waals surface area contributed by atoms with Gasteiger partial charge in [-0.3, -0.25) is 0 Å². The average molecular weight is 348 g/mol. The Hall–Kier alpha value is -1.48. The molecular formula is C18H22BrNO. The fourth-order valence-corrected chi connectivity index (χ4v) is 2.79. The fourth-order valence-electron chi connectivity index (χ4n) is 2.25. The molecule has 0 saturated carbocycles. The van der Waals surface area contributed by atoms with E-state index in [2.05, 4.69) is 59.4 Å². The Morgan fingerprint density at radius 2 is 1.71 bits per heavy atom. The quantitative estimate of drug-likeness (QED) is 0.768. The van der Waals surface area contributed by atoms with Crippen LogP contribution in [0.5, 0.6) is 5.75 Å². The van der Waals surface area contributed by atoms with E-state index in [0.717, 1.165) is 28.9 Å². The molecule has 1 N–H and O–H groups in total. The molecule has 0 aliphatic carbocycles. The highest BCUT2D eigenvalue weighted by atomic mass is 79.9. The molecular weight excluding hydrogens is 326 g/mol. The van der Waals surface area contributed by atoms with Gasteiger partial charge in [-0.15, -0.1) is 0 Å². The number of benzene rings is 2. The summed E-state index contributed by atoms with van der Waals surface area (Å²) in [6.45, 7) is 5.31. The Labute approximate surface area is 135 Å². The Balaban J connectivity index is 1.95. The van der Waals surface area contributed by atoms with Gasteiger partial charge in [0.25, 0.3) is 0 Å². The molecule has 0 radical (unpaired) electrons. The van der Waals surface area contributed by atoms with Gasteiger partial charge in [0.1, 0.15) is 5.75 Å². The second kappa shape index (κ2) is 7.51. The Morgan fingerprint density at radius 3 is 2.29 bits per heavy atom. The first-order chi connectivity index (χ1) is 10.1. The third-order valence-corrected chi connectivity index (χ3v) is 3.94. The summed E-state index contributed by atoms with van der Waals surface area (Å²) in [6, 6.07) is 14.9. The summed E-state index contributed by atoms with van der Waals surface area (Å²) in [5, 5.41) is 3.43. The molecule has 0 bridgehead atoms. The highest BCUT2D eigenvalue weighted by molar-refractivity contribution is 9.10. The molecule has 112 valence electrons. The summed E-state index contributed by atoms with van der Waals surface area (Å²) in [5.74, 6) is 1.55. The normalized spacial score (nSPS) is 10.7. The van der Waals surface area contributed by atoms with Crippen molar-refractivity contribution in [2.75, 3.05) is 12.4 Å². The largest absolute Gasteiger partial charge is 0.496 e. The van der Waals surface area contributed by atoms with E-state index in [9.17, 15) is 0 Å². The van der Waals surface area contributed by atoms with Gasteiger partial charge < -0.3 is 10.1 Å². The van der Waals surface area contributed by atoms with Gasteiger partial charge in [0.05, 0.1) is 11.6 Å². The van der Waals surface area contributed by atoms with Crippen molar-refractivity contribution in [3.8, 4) is 5.75 Å². The molecule has 2 aromatic carbocycles. The van der Waals surface area contributed by atoms with Crippen LogP contribution in [-0.2, 0) is 13.0 Å². The minimum absolute atomic E-state index is 0.700. The minimum Gasteiger partial charge on any atom is -0.496 e. The van der Waals surface area contributed by atoms with Crippen molar-refractivity contribution in [1.29, 1.82) is 0 Å². The molecule has 2 aromatic rings. The lowest BCUT2D eigenvalue weighted by Gasteiger charge is -2.10. The summed E-state index contributed by atoms with van der Waals surface area (Å²) in [7, 11) is 1.67. The molecule has 21 heavy (non-hydrogen) atoms. The first-order valence-electron chi connectivity index (χ1n) is 7.23. The predicted molar refractivity (Wildman–Crippen MR) is 93.0 cm³/mol. The first kappa shape index (κ1) is 15.9. The van der Waals surface area contributed by atoms with Gasteiger partial charge in [0.15, 0.2) is 0 Å². The van der Waals surface area contributed by atoms with Gasteiger partial charge in [0.2, 0.25) is 0 Å². The van der Waals surface area contributed by atoms with Crippen LogP contribution in [-0.4, -0.2) is 7.11 Å². The Morgan fingerprint density at radius 1 is 1.05 bits per heavy atom. The molecule has 0 aromatic heterocycles. The maximum absolute atomic E-state index is 5.23. The number of ether oxygens (including phenoxy) is 1. The van der Waals surface area contributed by atoms with Gasteiger partial charge in [-0.1, -0.05) is 38.1 Å². The zero-order valence-corrected chi connectivity index (χ0v) is 14.4. The summed E-state index contributed by atoms with van der Waals surface area (Å²) in [6.07, 6.45) is 1.14. The summed E-state index contributed by atoms with van der Waals surface area (Å²) >= 11 is 3.50. The molecule has 0 atom stereocenters. The van der Waals surface area contributed by atoms with Crippen molar-refractivity contribution in [1.82, 2.24) is 0 Å². The molecule has 0 spiro atoms. The van der Waals surface area contributed by atoms with Crippen LogP contribution in [0.4, 0.5) is 5.69 Å². The molecule has 0 fully saturated rings. The van der Waals surface area contributed by atoms with Crippen molar-refractivity contribution < 1.29 is 4.74 Å². The second-order valence-corrected chi connectivity index (χ2v) is 6.47. The van der Waals surface area contributed by atoms with Gasteiger partial charge in [-0.2, -0.15) is 0 Å². The van der Waals surface area contributed by atoms with Crippen molar-refractivity contribution >= 4 is 21.6 Å². The fraction of sp³-hybridized carbons (Fsp3) is 0.333. The standard InChI is InChI=1S/C18H22BrNO/c1-13(2)10-14-4-6-15(7-5-14)12-20-16-8-9-18(21-3)17(19)11-16/h4-9,11,13,20H,10,12H2,1-3H3. The van der Waals surface area contributed by atoms with Crippen molar-refractivity contribution in [3.05, 3.63) is 58.1 Å². The molecule has 0 amide bonds. The minimum atomic E-state index is 0.700. The topological polar surface area (TPSA) is 21.3 Å². The highest BCUT2D eigenvalue weighted by Gasteiger charge is 2.02. The van der Waals surface area contributed by atoms with Crippen molar-refractivity contribution in [3.63, 3.8) is 0 Å². The summed E-state index contributed by atoms with van der Waals surface area (Å²) in [4.78, 5) is 0. The van der Waals surface area contributed by atoms with Crippen LogP contribution in [0.1, 0.15) is 25.0 Å². The number of methoxy groups -OCH3 is 1. The summed E-state index contributed by atoms with van der Waals surface area (Å²) < 4.78 is 6.19. The molecule has 0 aliphatic rings. The second-order valence-electron chi connectivity index (χ2n) is 5.62. The van der Waals surface area contributed by atoms with Crippen molar-refractivity contribution in [2.24, 2.45) is 5.92 Å². The molecule has 0 saturated heterocycles. The smallest absolute Gasteiger partial charge is 0.133 e. The predicted octanol–water partition coefficient (Wildman–Crippen LogP) is 5.27. The highest BCUT2D eigenvalue weighted by Crippen LogP contribution is 2.27. The number of hydrogen-bond donors (Lipinski definition) is 1. The lowest BCUT2D eigenvalue weighted by molar-refractivity contribution is 0.412. The van der Waals surface area contributed by atoms with Crippen LogP contribution in [0.2, 0.25) is 0 Å². The van der Waals surface area contributed by atoms with E-state index in [1.54, 1.807) is 7.11 Å². The third-order valence-electron chi connectivity index (χ3n) is 3.32. The number of anilines is 1. The van der Waals surface area contributed by atoms with E-state index in [1.807, 2.05) is 18.2 Å². The molecule has 0 unspecified atom stereocenters. The van der Waals surface area contributed by atoms with Crippen LogP contribution in [0.15, 0.2) is 46.9 Å². The molecule has 2 nitrogen and oxygen atoms in total. The first-order valence-corrected chi connectivity index (χ1v) is 8.03. The zero-order valence-electron chi connectivity index (χ0n) is 12.8. The Kier molecular flexibility index (Phi) is 5.68. The molecule has 0 aliphatic heterocycles. The Bertz CT molecular complexity index is 578. The van der Waals surface area contributed by atoms with Crippen LogP contribution in [0, 0.1) is 5.92 Å². The molecule has 3 heteroatoms. The maximum Gasteiger partial charge on any atom is 0.133 e. The molecule has 0 heterocycles. The SMILES string of the molecule is COc1ccc(NCc2ccc(CC(C)C)cc2)cc1Br. The molecule has 2 rings (SSSR count).